The number of carbonyl (C=O) groups is 3. The Balaban J connectivity index is 1.44. The van der Waals surface area contributed by atoms with Crippen molar-refractivity contribution in [1.82, 2.24) is 5.01 Å². The monoisotopic (exact) mass is 515 g/mol. The van der Waals surface area contributed by atoms with Gasteiger partial charge in [0.25, 0.3) is 5.69 Å². The van der Waals surface area contributed by atoms with Gasteiger partial charge in [-0.05, 0) is 41.5 Å². The van der Waals surface area contributed by atoms with Gasteiger partial charge in [-0.15, -0.1) is 0 Å². The van der Waals surface area contributed by atoms with Crippen LogP contribution in [-0.2, 0) is 14.4 Å². The molecule has 2 saturated heterocycles. The molecule has 4 atom stereocenters. The summed E-state index contributed by atoms with van der Waals surface area (Å²) in [4.78, 5) is 52.9. The SMILES string of the molecule is O=C(Nc1ccc(Cl)cc1)[C@H]1[C@H]2C(=O)N(c3cccc([N+](=O)[O-])c3)C(=O)[C@H]2[C@@H]2c3ccccc3C=NN12. The van der Waals surface area contributed by atoms with Gasteiger partial charge in [0.15, 0.2) is 0 Å². The smallest absolute Gasteiger partial charge is 0.271 e. The van der Waals surface area contributed by atoms with Crippen molar-refractivity contribution < 1.29 is 19.3 Å². The molecule has 3 aliphatic rings. The number of rotatable bonds is 4. The molecule has 0 aliphatic carbocycles. The summed E-state index contributed by atoms with van der Waals surface area (Å²) >= 11 is 5.96. The maximum atomic E-state index is 13.8. The lowest BCUT2D eigenvalue weighted by Gasteiger charge is -2.33. The third-order valence-corrected chi connectivity index (χ3v) is 7.22. The normalized spacial score (nSPS) is 23.5. The minimum atomic E-state index is -1.09. The molecule has 2 fully saturated rings. The van der Waals surface area contributed by atoms with E-state index in [1.807, 2.05) is 24.3 Å². The third kappa shape index (κ3) is 3.56. The molecule has 3 aromatic rings. The lowest BCUT2D eigenvalue weighted by atomic mass is 9.85. The average molecular weight is 516 g/mol. The van der Waals surface area contributed by atoms with Crippen molar-refractivity contribution >= 4 is 52.6 Å². The number of hydrogen-bond donors (Lipinski definition) is 1. The molecule has 37 heavy (non-hydrogen) atoms. The summed E-state index contributed by atoms with van der Waals surface area (Å²) in [7, 11) is 0. The van der Waals surface area contributed by atoms with E-state index in [1.54, 1.807) is 30.5 Å². The largest absolute Gasteiger partial charge is 0.324 e. The van der Waals surface area contributed by atoms with Gasteiger partial charge in [-0.25, -0.2) is 4.90 Å². The Morgan fingerprint density at radius 2 is 1.70 bits per heavy atom. The zero-order valence-corrected chi connectivity index (χ0v) is 19.8. The molecule has 0 bridgehead atoms. The van der Waals surface area contributed by atoms with Gasteiger partial charge in [-0.2, -0.15) is 5.10 Å². The van der Waals surface area contributed by atoms with Crippen molar-refractivity contribution in [3.8, 4) is 0 Å². The van der Waals surface area contributed by atoms with Gasteiger partial charge >= 0.3 is 0 Å². The molecule has 0 saturated carbocycles. The van der Waals surface area contributed by atoms with E-state index >= 15 is 0 Å². The second-order valence-electron chi connectivity index (χ2n) is 8.98. The summed E-state index contributed by atoms with van der Waals surface area (Å²) in [6.07, 6.45) is 1.61. The number of non-ortho nitro benzene ring substituents is 1. The number of nitro groups is 1. The van der Waals surface area contributed by atoms with Crippen molar-refractivity contribution in [2.24, 2.45) is 16.9 Å². The zero-order chi connectivity index (χ0) is 25.8. The van der Waals surface area contributed by atoms with Crippen LogP contribution in [0.1, 0.15) is 17.2 Å². The van der Waals surface area contributed by atoms with E-state index < -0.39 is 46.6 Å². The van der Waals surface area contributed by atoms with Crippen LogP contribution in [0.3, 0.4) is 0 Å². The minimum absolute atomic E-state index is 0.0922. The Morgan fingerprint density at radius 3 is 2.46 bits per heavy atom. The molecule has 1 N–H and O–H groups in total. The lowest BCUT2D eigenvalue weighted by molar-refractivity contribution is -0.384. The highest BCUT2D eigenvalue weighted by atomic mass is 35.5. The molecule has 3 aliphatic heterocycles. The lowest BCUT2D eigenvalue weighted by Crippen LogP contribution is -2.46. The molecule has 10 nitrogen and oxygen atoms in total. The molecular formula is C26H18ClN5O5. The van der Waals surface area contributed by atoms with Crippen molar-refractivity contribution in [3.05, 3.63) is 99.1 Å². The highest BCUT2D eigenvalue weighted by molar-refractivity contribution is 6.30. The Morgan fingerprint density at radius 1 is 0.973 bits per heavy atom. The number of carbonyl (C=O) groups excluding carboxylic acids is 3. The molecule has 3 heterocycles. The second-order valence-corrected chi connectivity index (χ2v) is 9.42. The maximum absolute atomic E-state index is 13.8. The van der Waals surface area contributed by atoms with E-state index in [4.69, 9.17) is 11.6 Å². The molecule has 11 heteroatoms. The van der Waals surface area contributed by atoms with Crippen molar-refractivity contribution in [2.75, 3.05) is 10.2 Å². The van der Waals surface area contributed by atoms with Gasteiger partial charge in [-0.3, -0.25) is 29.5 Å². The number of nitro benzene ring substituents is 1. The fourth-order valence-electron chi connectivity index (χ4n) is 5.42. The summed E-state index contributed by atoms with van der Waals surface area (Å²) in [5, 5.41) is 20.7. The van der Waals surface area contributed by atoms with Crippen LogP contribution in [0.2, 0.25) is 5.02 Å². The number of anilines is 2. The van der Waals surface area contributed by atoms with E-state index in [0.29, 0.717) is 10.7 Å². The highest BCUT2D eigenvalue weighted by Crippen LogP contribution is 2.52. The van der Waals surface area contributed by atoms with Gasteiger partial charge in [0.2, 0.25) is 17.7 Å². The Bertz CT molecular complexity index is 1510. The predicted octanol–water partition coefficient (Wildman–Crippen LogP) is 3.77. The molecule has 6 rings (SSSR count). The Hall–Kier alpha value is -4.57. The molecule has 0 unspecified atom stereocenters. The van der Waals surface area contributed by atoms with Gasteiger partial charge < -0.3 is 5.32 Å². The van der Waals surface area contributed by atoms with Crippen molar-refractivity contribution in [3.63, 3.8) is 0 Å². The first-order valence-corrected chi connectivity index (χ1v) is 11.8. The number of hydrazone groups is 1. The first-order chi connectivity index (χ1) is 17.8. The molecule has 184 valence electrons. The summed E-state index contributed by atoms with van der Waals surface area (Å²) < 4.78 is 0. The van der Waals surface area contributed by atoms with Crippen LogP contribution in [0.25, 0.3) is 0 Å². The van der Waals surface area contributed by atoms with Crippen LogP contribution in [0.5, 0.6) is 0 Å². The standard InChI is InChI=1S/C26H18ClN5O5/c27-15-8-10-16(11-9-15)29-24(33)23-21-20(22-19-7-2-1-4-14(19)13-28-31(22)23)25(34)30(26(21)35)17-5-3-6-18(12-17)32(36)37/h1-13,20-23H,(H,29,33)/t20-,21+,22+,23-/m1/s1. The van der Waals surface area contributed by atoms with E-state index in [0.717, 1.165) is 16.0 Å². The fraction of sp³-hybridized carbons (Fsp3) is 0.154. The number of amides is 3. The number of imide groups is 1. The van der Waals surface area contributed by atoms with Crippen molar-refractivity contribution in [1.29, 1.82) is 0 Å². The van der Waals surface area contributed by atoms with E-state index in [2.05, 4.69) is 10.4 Å². The Labute approximate surface area is 215 Å². The topological polar surface area (TPSA) is 125 Å². The Kier molecular flexibility index (Phi) is 5.27. The second kappa shape index (κ2) is 8.52. The molecule has 3 aromatic carbocycles. The van der Waals surface area contributed by atoms with Gasteiger partial charge in [0, 0.05) is 22.8 Å². The van der Waals surface area contributed by atoms with Gasteiger partial charge in [0.1, 0.15) is 6.04 Å². The van der Waals surface area contributed by atoms with E-state index in [1.165, 1.54) is 29.3 Å². The number of benzene rings is 3. The molecule has 0 spiro atoms. The predicted molar refractivity (Wildman–Crippen MR) is 135 cm³/mol. The van der Waals surface area contributed by atoms with Gasteiger partial charge in [-0.1, -0.05) is 41.9 Å². The summed E-state index contributed by atoms with van der Waals surface area (Å²) in [5.74, 6) is -3.59. The van der Waals surface area contributed by atoms with Crippen LogP contribution in [-0.4, -0.2) is 39.9 Å². The number of nitrogens with zero attached hydrogens (tertiary/aromatic N) is 4. The number of hydrogen-bond acceptors (Lipinski definition) is 7. The number of nitrogens with one attached hydrogen (secondary N) is 1. The third-order valence-electron chi connectivity index (χ3n) is 6.97. The molecule has 0 aromatic heterocycles. The van der Waals surface area contributed by atoms with Crippen LogP contribution < -0.4 is 10.2 Å². The molecule has 3 amide bonds. The quantitative estimate of drug-likeness (QED) is 0.320. The summed E-state index contributed by atoms with van der Waals surface area (Å²) in [5.41, 5.74) is 1.88. The van der Waals surface area contributed by atoms with Crippen LogP contribution in [0, 0.1) is 22.0 Å². The molecular weight excluding hydrogens is 498 g/mol. The van der Waals surface area contributed by atoms with E-state index in [-0.39, 0.29) is 11.4 Å². The zero-order valence-electron chi connectivity index (χ0n) is 19.0. The number of halogens is 1. The molecule has 0 radical (unpaired) electrons. The van der Waals surface area contributed by atoms with Crippen LogP contribution in [0.4, 0.5) is 17.1 Å². The maximum Gasteiger partial charge on any atom is 0.271 e. The minimum Gasteiger partial charge on any atom is -0.324 e. The van der Waals surface area contributed by atoms with Crippen LogP contribution in [0.15, 0.2) is 77.9 Å². The van der Waals surface area contributed by atoms with Gasteiger partial charge in [0.05, 0.1) is 34.7 Å². The first-order valence-electron chi connectivity index (χ1n) is 11.4. The first kappa shape index (κ1) is 22.9. The number of fused-ring (bicyclic) bond motifs is 5. The average Bonchev–Trinajstić information content (AvgIpc) is 3.38. The summed E-state index contributed by atoms with van der Waals surface area (Å²) in [6, 6.07) is 17.5. The summed E-state index contributed by atoms with van der Waals surface area (Å²) in [6.45, 7) is 0. The van der Waals surface area contributed by atoms with E-state index in [9.17, 15) is 24.5 Å². The van der Waals surface area contributed by atoms with Crippen molar-refractivity contribution in [2.45, 2.75) is 12.1 Å². The highest BCUT2D eigenvalue weighted by Gasteiger charge is 2.65. The fourth-order valence-corrected chi connectivity index (χ4v) is 5.54. The van der Waals surface area contributed by atoms with Crippen LogP contribution >= 0.6 is 11.6 Å².